The van der Waals surface area contributed by atoms with Crippen LogP contribution in [0.25, 0.3) is 5.65 Å². The standard InChI is InChI=1S/C24H19N5O3/c1-16-8-9-22-27-18(14-29(22)13-16)15-32-19-6-4-5-17(11-19)23(30)20(12-25)24(31)28-21-7-2-3-10-26-21/h2-11,13-14,20H,15H2,1H3,(H,26,28,31). The van der Waals surface area contributed by atoms with Crippen LogP contribution >= 0.6 is 0 Å². The molecule has 0 aliphatic heterocycles. The summed E-state index contributed by atoms with van der Waals surface area (Å²) in [6.45, 7) is 2.21. The van der Waals surface area contributed by atoms with Crippen molar-refractivity contribution in [3.05, 3.63) is 90.0 Å². The lowest BCUT2D eigenvalue weighted by Crippen LogP contribution is -2.29. The largest absolute Gasteiger partial charge is 0.487 e. The first-order valence-electron chi connectivity index (χ1n) is 9.86. The Morgan fingerprint density at radius 2 is 2.03 bits per heavy atom. The number of fused-ring (bicyclic) bond motifs is 1. The van der Waals surface area contributed by atoms with E-state index >= 15 is 0 Å². The Hall–Kier alpha value is -4.51. The molecule has 32 heavy (non-hydrogen) atoms. The van der Waals surface area contributed by atoms with Gasteiger partial charge in [-0.15, -0.1) is 0 Å². The van der Waals surface area contributed by atoms with Gasteiger partial charge in [-0.25, -0.2) is 9.97 Å². The maximum atomic E-state index is 12.8. The summed E-state index contributed by atoms with van der Waals surface area (Å²) in [7, 11) is 0. The number of nitrogens with zero attached hydrogens (tertiary/aromatic N) is 4. The van der Waals surface area contributed by atoms with E-state index in [0.717, 1.165) is 16.9 Å². The fourth-order valence-electron chi connectivity index (χ4n) is 3.16. The number of hydrogen-bond donors (Lipinski definition) is 1. The number of aryl methyl sites for hydroxylation is 1. The monoisotopic (exact) mass is 425 g/mol. The van der Waals surface area contributed by atoms with E-state index in [9.17, 15) is 14.9 Å². The van der Waals surface area contributed by atoms with Gasteiger partial charge < -0.3 is 14.5 Å². The van der Waals surface area contributed by atoms with Crippen molar-refractivity contribution >= 4 is 23.2 Å². The van der Waals surface area contributed by atoms with Crippen molar-refractivity contribution in [2.75, 3.05) is 5.32 Å². The molecular weight excluding hydrogens is 406 g/mol. The fraction of sp³-hybridized carbons (Fsp3) is 0.125. The smallest absolute Gasteiger partial charge is 0.250 e. The van der Waals surface area contributed by atoms with Gasteiger partial charge in [0.15, 0.2) is 11.7 Å². The molecule has 1 unspecified atom stereocenters. The van der Waals surface area contributed by atoms with Crippen LogP contribution in [0.2, 0.25) is 0 Å². The lowest BCUT2D eigenvalue weighted by Gasteiger charge is -2.10. The number of carbonyl (C=O) groups excluding carboxylic acids is 2. The number of ether oxygens (including phenoxy) is 1. The first-order chi connectivity index (χ1) is 15.5. The average Bonchev–Trinajstić information content (AvgIpc) is 3.21. The summed E-state index contributed by atoms with van der Waals surface area (Å²) in [5.74, 6) is -2.15. The number of pyridine rings is 2. The molecule has 3 aromatic heterocycles. The van der Waals surface area contributed by atoms with Crippen molar-refractivity contribution in [1.82, 2.24) is 14.4 Å². The average molecular weight is 425 g/mol. The summed E-state index contributed by atoms with van der Waals surface area (Å²) >= 11 is 0. The maximum absolute atomic E-state index is 12.8. The van der Waals surface area contributed by atoms with E-state index in [-0.39, 0.29) is 18.0 Å². The highest BCUT2D eigenvalue weighted by Gasteiger charge is 2.28. The minimum atomic E-state index is -1.51. The molecule has 8 heteroatoms. The summed E-state index contributed by atoms with van der Waals surface area (Å²) in [4.78, 5) is 33.7. The van der Waals surface area contributed by atoms with Crippen LogP contribution in [0, 0.1) is 24.2 Å². The number of ketones is 1. The second-order valence-electron chi connectivity index (χ2n) is 7.15. The van der Waals surface area contributed by atoms with Crippen LogP contribution in [0.1, 0.15) is 21.6 Å². The molecular formula is C24H19N5O3. The van der Waals surface area contributed by atoms with Crippen LogP contribution in [-0.4, -0.2) is 26.1 Å². The Morgan fingerprint density at radius 3 is 2.81 bits per heavy atom. The summed E-state index contributed by atoms with van der Waals surface area (Å²) < 4.78 is 7.71. The first kappa shape index (κ1) is 20.8. The molecule has 4 aromatic rings. The molecule has 1 atom stereocenters. The highest BCUT2D eigenvalue weighted by Crippen LogP contribution is 2.19. The Morgan fingerprint density at radius 1 is 1.16 bits per heavy atom. The topological polar surface area (TPSA) is 109 Å². The van der Waals surface area contributed by atoms with Crippen molar-refractivity contribution in [3.63, 3.8) is 0 Å². The van der Waals surface area contributed by atoms with E-state index in [4.69, 9.17) is 4.74 Å². The van der Waals surface area contributed by atoms with E-state index in [2.05, 4.69) is 15.3 Å². The second-order valence-corrected chi connectivity index (χ2v) is 7.15. The van der Waals surface area contributed by atoms with Gasteiger partial charge in [0.1, 0.15) is 23.8 Å². The van der Waals surface area contributed by atoms with Crippen molar-refractivity contribution in [2.45, 2.75) is 13.5 Å². The van der Waals surface area contributed by atoms with Gasteiger partial charge in [0.25, 0.3) is 5.91 Å². The maximum Gasteiger partial charge on any atom is 0.250 e. The molecule has 0 radical (unpaired) electrons. The molecule has 0 saturated heterocycles. The number of anilines is 1. The number of Topliss-reactive ketones (excluding diaryl/α,β-unsaturated/α-hetero) is 1. The molecule has 0 aliphatic carbocycles. The van der Waals surface area contributed by atoms with Gasteiger partial charge in [0, 0.05) is 24.2 Å². The molecule has 1 amide bonds. The molecule has 0 saturated carbocycles. The lowest BCUT2D eigenvalue weighted by atomic mass is 9.98. The molecule has 3 heterocycles. The van der Waals surface area contributed by atoms with Crippen LogP contribution in [0.5, 0.6) is 5.75 Å². The van der Waals surface area contributed by atoms with Crippen molar-refractivity contribution in [2.24, 2.45) is 5.92 Å². The number of hydrogen-bond acceptors (Lipinski definition) is 6. The zero-order chi connectivity index (χ0) is 22.5. The van der Waals surface area contributed by atoms with E-state index in [1.165, 1.54) is 12.3 Å². The quantitative estimate of drug-likeness (QED) is 0.358. The van der Waals surface area contributed by atoms with E-state index in [0.29, 0.717) is 5.75 Å². The third-order valence-corrected chi connectivity index (χ3v) is 4.72. The number of nitriles is 1. The first-order valence-corrected chi connectivity index (χ1v) is 9.86. The Kier molecular flexibility index (Phi) is 5.90. The molecule has 1 N–H and O–H groups in total. The summed E-state index contributed by atoms with van der Waals surface area (Å²) in [6.07, 6.45) is 5.36. The van der Waals surface area contributed by atoms with E-state index in [1.807, 2.05) is 35.9 Å². The molecule has 8 nitrogen and oxygen atoms in total. The van der Waals surface area contributed by atoms with Crippen molar-refractivity contribution < 1.29 is 14.3 Å². The summed E-state index contributed by atoms with van der Waals surface area (Å²) in [6, 6.07) is 17.0. The fourth-order valence-corrected chi connectivity index (χ4v) is 3.16. The van der Waals surface area contributed by atoms with Crippen LogP contribution in [-0.2, 0) is 11.4 Å². The minimum Gasteiger partial charge on any atom is -0.487 e. The molecule has 0 aliphatic rings. The number of carbonyl (C=O) groups is 2. The highest BCUT2D eigenvalue weighted by molar-refractivity contribution is 6.15. The predicted molar refractivity (Wildman–Crippen MR) is 117 cm³/mol. The lowest BCUT2D eigenvalue weighted by molar-refractivity contribution is -0.117. The Bertz CT molecular complexity index is 1320. The van der Waals surface area contributed by atoms with Gasteiger partial charge >= 0.3 is 0 Å². The van der Waals surface area contributed by atoms with Crippen molar-refractivity contribution in [3.8, 4) is 11.8 Å². The number of benzene rings is 1. The van der Waals surface area contributed by atoms with Gasteiger partial charge in [-0.05, 0) is 42.8 Å². The van der Waals surface area contributed by atoms with E-state index in [1.54, 1.807) is 42.5 Å². The predicted octanol–water partition coefficient (Wildman–Crippen LogP) is 3.58. The number of aromatic nitrogens is 3. The number of imidazole rings is 1. The SMILES string of the molecule is Cc1ccc2nc(COc3cccc(C(=O)C(C#N)C(=O)Nc4ccccn4)c3)cn2c1. The van der Waals surface area contributed by atoms with Crippen molar-refractivity contribution in [1.29, 1.82) is 5.26 Å². The highest BCUT2D eigenvalue weighted by atomic mass is 16.5. The second kappa shape index (κ2) is 9.10. The van der Waals surface area contributed by atoms with Gasteiger partial charge in [-0.2, -0.15) is 5.26 Å². The summed E-state index contributed by atoms with van der Waals surface area (Å²) in [5, 5.41) is 11.9. The molecule has 1 aromatic carbocycles. The molecule has 0 spiro atoms. The van der Waals surface area contributed by atoms with Gasteiger partial charge in [0.05, 0.1) is 11.8 Å². The zero-order valence-corrected chi connectivity index (χ0v) is 17.2. The normalized spacial score (nSPS) is 11.5. The zero-order valence-electron chi connectivity index (χ0n) is 17.2. The Labute approximate surface area is 184 Å². The number of amides is 1. The minimum absolute atomic E-state index is 0.204. The summed E-state index contributed by atoms with van der Waals surface area (Å²) in [5.41, 5.74) is 2.87. The van der Waals surface area contributed by atoms with Gasteiger partial charge in [-0.3, -0.25) is 9.59 Å². The van der Waals surface area contributed by atoms with Crippen LogP contribution in [0.4, 0.5) is 5.82 Å². The Balaban J connectivity index is 1.45. The third-order valence-electron chi connectivity index (χ3n) is 4.72. The van der Waals surface area contributed by atoms with Crippen LogP contribution < -0.4 is 10.1 Å². The van der Waals surface area contributed by atoms with Crippen LogP contribution in [0.3, 0.4) is 0 Å². The molecule has 0 bridgehead atoms. The molecule has 158 valence electrons. The molecule has 4 rings (SSSR count). The van der Waals surface area contributed by atoms with Gasteiger partial charge in [0.2, 0.25) is 0 Å². The van der Waals surface area contributed by atoms with Gasteiger partial charge in [-0.1, -0.05) is 24.3 Å². The number of rotatable bonds is 7. The van der Waals surface area contributed by atoms with Crippen LogP contribution in [0.15, 0.2) is 73.2 Å². The number of nitrogens with one attached hydrogen (secondary N) is 1. The molecule has 0 fully saturated rings. The third kappa shape index (κ3) is 4.63. The van der Waals surface area contributed by atoms with E-state index < -0.39 is 17.6 Å².